The van der Waals surface area contributed by atoms with Gasteiger partial charge in [0.2, 0.25) is 5.91 Å². The third-order valence-electron chi connectivity index (χ3n) is 5.34. The Morgan fingerprint density at radius 1 is 1.03 bits per heavy atom. The first-order valence-electron chi connectivity index (χ1n) is 10.8. The zero-order chi connectivity index (χ0) is 24.1. The van der Waals surface area contributed by atoms with Crippen molar-refractivity contribution in [1.29, 1.82) is 0 Å². The summed E-state index contributed by atoms with van der Waals surface area (Å²) in [5.41, 5.74) is 1.65. The summed E-state index contributed by atoms with van der Waals surface area (Å²) in [6, 6.07) is 21.8. The second-order valence-electron chi connectivity index (χ2n) is 7.46. The van der Waals surface area contributed by atoms with Crippen molar-refractivity contribution in [3.63, 3.8) is 0 Å². The number of fused-ring (bicyclic) bond motifs is 1. The second kappa shape index (κ2) is 10.4. The maximum atomic E-state index is 13.4. The molecule has 0 aliphatic heterocycles. The van der Waals surface area contributed by atoms with Gasteiger partial charge in [-0.05, 0) is 42.8 Å². The van der Waals surface area contributed by atoms with E-state index in [2.05, 4.69) is 5.32 Å². The molecule has 7 nitrogen and oxygen atoms in total. The molecule has 34 heavy (non-hydrogen) atoms. The third-order valence-corrected chi connectivity index (χ3v) is 6.65. The third kappa shape index (κ3) is 4.77. The quantitative estimate of drug-likeness (QED) is 0.288. The van der Waals surface area contributed by atoms with Gasteiger partial charge >= 0.3 is 0 Å². The van der Waals surface area contributed by atoms with Gasteiger partial charge in [-0.1, -0.05) is 49.0 Å². The van der Waals surface area contributed by atoms with Gasteiger partial charge in [0.1, 0.15) is 11.5 Å². The number of nitrogens with zero attached hydrogens (tertiary/aromatic N) is 2. The Bertz CT molecular complexity index is 1370. The van der Waals surface area contributed by atoms with Crippen LogP contribution in [0.2, 0.25) is 0 Å². The van der Waals surface area contributed by atoms with Gasteiger partial charge in [-0.15, -0.1) is 0 Å². The predicted octanol–water partition coefficient (Wildman–Crippen LogP) is 4.91. The first-order chi connectivity index (χ1) is 16.5. The zero-order valence-electron chi connectivity index (χ0n) is 19.1. The molecule has 0 saturated carbocycles. The number of benzene rings is 3. The molecular weight excluding hydrogens is 450 g/mol. The highest BCUT2D eigenvalue weighted by atomic mass is 32.2. The Balaban J connectivity index is 1.71. The van der Waals surface area contributed by atoms with Crippen molar-refractivity contribution in [2.45, 2.75) is 23.8 Å². The van der Waals surface area contributed by atoms with Gasteiger partial charge < -0.3 is 14.8 Å². The number of anilines is 1. The van der Waals surface area contributed by atoms with Crippen molar-refractivity contribution < 1.29 is 14.3 Å². The number of methoxy groups -OCH3 is 2. The molecule has 1 heterocycles. The highest BCUT2D eigenvalue weighted by Crippen LogP contribution is 2.32. The zero-order valence-corrected chi connectivity index (χ0v) is 20.0. The molecule has 0 fully saturated rings. The molecule has 0 aliphatic rings. The summed E-state index contributed by atoms with van der Waals surface area (Å²) in [4.78, 5) is 31.4. The highest BCUT2D eigenvalue weighted by molar-refractivity contribution is 8.00. The average molecular weight is 476 g/mol. The summed E-state index contributed by atoms with van der Waals surface area (Å²) in [6.45, 7) is 1.93. The van der Waals surface area contributed by atoms with Gasteiger partial charge in [0.25, 0.3) is 5.56 Å². The number of hydrogen-bond acceptors (Lipinski definition) is 6. The minimum Gasteiger partial charge on any atom is -0.497 e. The fourth-order valence-corrected chi connectivity index (χ4v) is 4.59. The van der Waals surface area contributed by atoms with Crippen LogP contribution in [0.15, 0.2) is 82.7 Å². The Morgan fingerprint density at radius 2 is 1.76 bits per heavy atom. The number of nitrogens with one attached hydrogen (secondary N) is 1. The largest absolute Gasteiger partial charge is 0.497 e. The number of hydrogen-bond donors (Lipinski definition) is 1. The van der Waals surface area contributed by atoms with E-state index in [1.165, 1.54) is 18.9 Å². The van der Waals surface area contributed by atoms with Crippen LogP contribution in [0.4, 0.5) is 5.69 Å². The Morgan fingerprint density at radius 3 is 2.47 bits per heavy atom. The van der Waals surface area contributed by atoms with Crippen molar-refractivity contribution >= 4 is 34.3 Å². The number of para-hydroxylation sites is 2. The predicted molar refractivity (Wildman–Crippen MR) is 135 cm³/mol. The summed E-state index contributed by atoms with van der Waals surface area (Å²) in [5, 5.41) is 3.43. The minimum atomic E-state index is -0.491. The number of amides is 1. The lowest BCUT2D eigenvalue weighted by Gasteiger charge is -2.19. The molecule has 1 aromatic heterocycles. The van der Waals surface area contributed by atoms with E-state index in [0.717, 1.165) is 0 Å². The van der Waals surface area contributed by atoms with Crippen LogP contribution in [0.25, 0.3) is 16.6 Å². The highest BCUT2D eigenvalue weighted by Gasteiger charge is 2.23. The summed E-state index contributed by atoms with van der Waals surface area (Å²) in [6.07, 6.45) is 0.534. The molecule has 1 amide bonds. The maximum absolute atomic E-state index is 13.4. The van der Waals surface area contributed by atoms with E-state index in [-0.39, 0.29) is 11.5 Å². The molecule has 0 bridgehead atoms. The SMILES string of the molecule is CCC(Sc1nc2ccccc2c(=O)n1-c1ccccc1)C(=O)Nc1ccc(OC)cc1OC. The molecule has 0 saturated heterocycles. The molecule has 8 heteroatoms. The topological polar surface area (TPSA) is 82.5 Å². The molecule has 4 aromatic rings. The van der Waals surface area contributed by atoms with Crippen LogP contribution in [0.3, 0.4) is 0 Å². The molecule has 0 radical (unpaired) electrons. The number of carbonyl (C=O) groups excluding carboxylic acids is 1. The number of thioether (sulfide) groups is 1. The molecule has 1 atom stereocenters. The van der Waals surface area contributed by atoms with Crippen LogP contribution in [-0.4, -0.2) is 34.9 Å². The molecule has 3 aromatic carbocycles. The van der Waals surface area contributed by atoms with Crippen LogP contribution in [-0.2, 0) is 4.79 Å². The normalized spacial score (nSPS) is 11.7. The first-order valence-corrected chi connectivity index (χ1v) is 11.7. The smallest absolute Gasteiger partial charge is 0.266 e. The first kappa shape index (κ1) is 23.4. The summed E-state index contributed by atoms with van der Waals surface area (Å²) >= 11 is 1.26. The lowest BCUT2D eigenvalue weighted by Crippen LogP contribution is -2.27. The molecule has 1 N–H and O–H groups in total. The van der Waals surface area contributed by atoms with Crippen LogP contribution in [0, 0.1) is 0 Å². The molecule has 0 aliphatic carbocycles. The number of rotatable bonds is 8. The van der Waals surface area contributed by atoms with Gasteiger partial charge in [-0.2, -0.15) is 0 Å². The molecule has 4 rings (SSSR count). The molecule has 0 spiro atoms. The Labute approximate surface area is 201 Å². The molecule has 1 unspecified atom stereocenters. The van der Waals surface area contributed by atoms with E-state index < -0.39 is 5.25 Å². The van der Waals surface area contributed by atoms with Crippen LogP contribution >= 0.6 is 11.8 Å². The van der Waals surface area contributed by atoms with E-state index in [1.54, 1.807) is 42.0 Å². The van der Waals surface area contributed by atoms with Gasteiger partial charge in [0, 0.05) is 6.07 Å². The van der Waals surface area contributed by atoms with Gasteiger partial charge in [0.15, 0.2) is 5.16 Å². The number of carbonyl (C=O) groups is 1. The molecule has 174 valence electrons. The Hall–Kier alpha value is -3.78. The van der Waals surface area contributed by atoms with Crippen molar-refractivity contribution in [3.8, 4) is 17.2 Å². The van der Waals surface area contributed by atoms with E-state index in [4.69, 9.17) is 14.5 Å². The van der Waals surface area contributed by atoms with Crippen LogP contribution in [0.5, 0.6) is 11.5 Å². The van der Waals surface area contributed by atoms with E-state index in [9.17, 15) is 9.59 Å². The fraction of sp³-hybridized carbons (Fsp3) is 0.192. The van der Waals surface area contributed by atoms with Crippen LogP contribution < -0.4 is 20.3 Å². The van der Waals surface area contributed by atoms with E-state index in [1.807, 2.05) is 49.4 Å². The average Bonchev–Trinajstić information content (AvgIpc) is 2.88. The Kier molecular flexibility index (Phi) is 7.18. The van der Waals surface area contributed by atoms with Crippen molar-refractivity contribution in [2.24, 2.45) is 0 Å². The summed E-state index contributed by atoms with van der Waals surface area (Å²) in [7, 11) is 3.10. The lowest BCUT2D eigenvalue weighted by atomic mass is 10.2. The van der Waals surface area contributed by atoms with Gasteiger partial charge in [-0.25, -0.2) is 4.98 Å². The summed E-state index contributed by atoms with van der Waals surface area (Å²) < 4.78 is 12.2. The van der Waals surface area contributed by atoms with Gasteiger partial charge in [0.05, 0.1) is 41.7 Å². The lowest BCUT2D eigenvalue weighted by molar-refractivity contribution is -0.115. The number of ether oxygens (including phenoxy) is 2. The van der Waals surface area contributed by atoms with Gasteiger partial charge in [-0.3, -0.25) is 14.2 Å². The van der Waals surface area contributed by atoms with E-state index in [0.29, 0.717) is 45.4 Å². The second-order valence-corrected chi connectivity index (χ2v) is 8.63. The van der Waals surface area contributed by atoms with Crippen molar-refractivity contribution in [1.82, 2.24) is 9.55 Å². The van der Waals surface area contributed by atoms with E-state index >= 15 is 0 Å². The van der Waals surface area contributed by atoms with Crippen molar-refractivity contribution in [3.05, 3.63) is 83.2 Å². The van der Waals surface area contributed by atoms with Crippen LogP contribution in [0.1, 0.15) is 13.3 Å². The fourth-order valence-electron chi connectivity index (χ4n) is 3.56. The maximum Gasteiger partial charge on any atom is 0.266 e. The minimum absolute atomic E-state index is 0.175. The number of aromatic nitrogens is 2. The standard InChI is InChI=1S/C26H25N3O4S/c1-4-23(24(30)27-21-15-14-18(32-2)16-22(21)33-3)34-26-28-20-13-9-8-12-19(20)25(31)29(26)17-10-6-5-7-11-17/h5-16,23H,4H2,1-3H3,(H,27,30). The van der Waals surface area contributed by atoms with Crippen molar-refractivity contribution in [2.75, 3.05) is 19.5 Å². The molecular formula is C26H25N3O4S. The summed E-state index contributed by atoms with van der Waals surface area (Å²) in [5.74, 6) is 0.916. The monoisotopic (exact) mass is 475 g/mol.